The van der Waals surface area contributed by atoms with Gasteiger partial charge in [-0.2, -0.15) is 0 Å². The largest absolute Gasteiger partial charge is 0.479 e. The number of sulfone groups is 1. The van der Waals surface area contributed by atoms with Crippen LogP contribution in [-0.2, 0) is 15.6 Å². The normalized spacial score (nSPS) is 11.7. The topological polar surface area (TPSA) is 104 Å². The van der Waals surface area contributed by atoms with Crippen LogP contribution in [0.25, 0.3) is 27.8 Å². The number of hydrogen-bond donors (Lipinski definition) is 0. The van der Waals surface area contributed by atoms with E-state index in [9.17, 15) is 17.6 Å². The molecule has 0 fully saturated rings. The van der Waals surface area contributed by atoms with E-state index in [1.54, 1.807) is 0 Å². The lowest BCUT2D eigenvalue weighted by Gasteiger charge is -2.16. The Kier molecular flexibility index (Phi) is 6.49. The molecule has 0 bridgehead atoms. The number of rotatable bonds is 6. The number of aromatic nitrogens is 3. The Morgan fingerprint density at radius 3 is 2.57 bits per heavy atom. The molecule has 0 N–H and O–H groups in total. The molecule has 8 nitrogen and oxygen atoms in total. The lowest BCUT2D eigenvalue weighted by Crippen LogP contribution is -2.19. The van der Waals surface area contributed by atoms with E-state index in [4.69, 9.17) is 32.5 Å². The minimum Gasteiger partial charge on any atom is -0.479 e. The SMILES string of the molecule is COc1nc(-c2cc(F)cc(Cl)c2)c(Cl)cc1-n1c(=O)ccc2cc(S(=O)(=O)Cc3ccon3)ccc21. The van der Waals surface area contributed by atoms with Gasteiger partial charge in [0.1, 0.15) is 23.5 Å². The maximum atomic E-state index is 13.9. The molecule has 0 saturated carbocycles. The van der Waals surface area contributed by atoms with Crippen molar-refractivity contribution in [1.29, 1.82) is 0 Å². The second-order valence-electron chi connectivity index (χ2n) is 7.98. The summed E-state index contributed by atoms with van der Waals surface area (Å²) in [6.07, 6.45) is 1.30. The number of benzene rings is 2. The Morgan fingerprint density at radius 2 is 1.86 bits per heavy atom. The maximum absolute atomic E-state index is 13.9. The first kappa shape index (κ1) is 24.9. The molecular formula is C25H16Cl2FN3O5S. The fourth-order valence-electron chi connectivity index (χ4n) is 3.92. The summed E-state index contributed by atoms with van der Waals surface area (Å²) in [4.78, 5) is 17.4. The summed E-state index contributed by atoms with van der Waals surface area (Å²) in [5, 5.41) is 4.41. The molecule has 0 spiro atoms. The minimum atomic E-state index is -3.73. The first-order valence-corrected chi connectivity index (χ1v) is 13.1. The van der Waals surface area contributed by atoms with Gasteiger partial charge in [-0.25, -0.2) is 17.8 Å². The molecule has 0 radical (unpaired) electrons. The molecule has 37 heavy (non-hydrogen) atoms. The van der Waals surface area contributed by atoms with E-state index in [0.29, 0.717) is 16.5 Å². The third-order valence-electron chi connectivity index (χ3n) is 5.55. The van der Waals surface area contributed by atoms with E-state index in [0.717, 1.165) is 6.07 Å². The van der Waals surface area contributed by atoms with Crippen molar-refractivity contribution < 1.29 is 22.1 Å². The lowest BCUT2D eigenvalue weighted by molar-refractivity contribution is 0.396. The predicted octanol–water partition coefficient (Wildman–Crippen LogP) is 5.47. The van der Waals surface area contributed by atoms with Crippen LogP contribution < -0.4 is 10.3 Å². The van der Waals surface area contributed by atoms with Crippen molar-refractivity contribution in [3.05, 3.63) is 98.8 Å². The average molecular weight is 560 g/mol. The molecule has 3 aromatic heterocycles. The zero-order valence-corrected chi connectivity index (χ0v) is 21.3. The van der Waals surface area contributed by atoms with Crippen molar-refractivity contribution >= 4 is 43.9 Å². The van der Waals surface area contributed by atoms with Crippen LogP contribution in [0, 0.1) is 5.82 Å². The second-order valence-corrected chi connectivity index (χ2v) is 10.8. The second kappa shape index (κ2) is 9.62. The fraction of sp³-hybridized carbons (Fsp3) is 0.0800. The van der Waals surface area contributed by atoms with Gasteiger partial charge in [-0.15, -0.1) is 0 Å². The molecule has 0 unspecified atom stereocenters. The predicted molar refractivity (Wildman–Crippen MR) is 137 cm³/mol. The van der Waals surface area contributed by atoms with Crippen LogP contribution in [0.1, 0.15) is 5.69 Å². The van der Waals surface area contributed by atoms with Gasteiger partial charge in [0.15, 0.2) is 9.84 Å². The first-order valence-electron chi connectivity index (χ1n) is 10.7. The van der Waals surface area contributed by atoms with Crippen molar-refractivity contribution in [2.24, 2.45) is 0 Å². The zero-order chi connectivity index (χ0) is 26.3. The van der Waals surface area contributed by atoms with Crippen LogP contribution in [0.4, 0.5) is 4.39 Å². The van der Waals surface area contributed by atoms with Crippen LogP contribution >= 0.6 is 23.2 Å². The Balaban J connectivity index is 1.65. The highest BCUT2D eigenvalue weighted by atomic mass is 35.5. The van der Waals surface area contributed by atoms with E-state index in [1.165, 1.54) is 72.5 Å². The van der Waals surface area contributed by atoms with Crippen LogP contribution in [0.15, 0.2) is 81.1 Å². The molecular weight excluding hydrogens is 544 g/mol. The minimum absolute atomic E-state index is 0.0390. The van der Waals surface area contributed by atoms with E-state index >= 15 is 0 Å². The standard InChI is InChI=1S/C25H16Cl2FN3O5S/c1-35-25-22(12-20(27)24(29-25)15-8-16(26)11-17(28)9-15)31-21-4-3-19(10-14(21)2-5-23(31)32)37(33,34)13-18-6-7-36-30-18/h2-12H,13H2,1H3. The Bertz CT molecular complexity index is 1800. The number of nitrogens with zero attached hydrogens (tertiary/aromatic N) is 3. The highest BCUT2D eigenvalue weighted by molar-refractivity contribution is 7.90. The Labute approximate surface area is 219 Å². The van der Waals surface area contributed by atoms with Gasteiger partial charge in [0.2, 0.25) is 5.88 Å². The zero-order valence-electron chi connectivity index (χ0n) is 19.0. The molecule has 5 rings (SSSR count). The van der Waals surface area contributed by atoms with Gasteiger partial charge in [-0.1, -0.05) is 28.4 Å². The molecule has 12 heteroatoms. The summed E-state index contributed by atoms with van der Waals surface area (Å²) in [5.41, 5.74) is 0.988. The number of fused-ring (bicyclic) bond motifs is 1. The molecule has 2 aromatic carbocycles. The third-order valence-corrected chi connectivity index (χ3v) is 7.70. The van der Waals surface area contributed by atoms with Gasteiger partial charge in [-0.3, -0.25) is 9.36 Å². The van der Waals surface area contributed by atoms with Crippen molar-refractivity contribution in [3.63, 3.8) is 0 Å². The van der Waals surface area contributed by atoms with E-state index in [1.807, 2.05) is 0 Å². The highest BCUT2D eigenvalue weighted by Gasteiger charge is 2.21. The van der Waals surface area contributed by atoms with Crippen LogP contribution in [0.3, 0.4) is 0 Å². The molecule has 0 amide bonds. The van der Waals surface area contributed by atoms with Gasteiger partial charge in [0, 0.05) is 28.1 Å². The number of ether oxygens (including phenoxy) is 1. The number of pyridine rings is 2. The average Bonchev–Trinajstić information content (AvgIpc) is 3.35. The molecule has 0 saturated heterocycles. The van der Waals surface area contributed by atoms with Gasteiger partial charge < -0.3 is 9.26 Å². The molecule has 0 aliphatic heterocycles. The highest BCUT2D eigenvalue weighted by Crippen LogP contribution is 2.35. The molecule has 0 atom stereocenters. The van der Waals surface area contributed by atoms with Crippen LogP contribution in [-0.4, -0.2) is 30.2 Å². The van der Waals surface area contributed by atoms with Crippen molar-refractivity contribution in [2.45, 2.75) is 10.6 Å². The van der Waals surface area contributed by atoms with E-state index < -0.39 is 21.2 Å². The molecule has 0 aliphatic rings. The smallest absolute Gasteiger partial charge is 0.255 e. The summed E-state index contributed by atoms with van der Waals surface area (Å²) in [6, 6.07) is 14.0. The van der Waals surface area contributed by atoms with E-state index in [-0.39, 0.29) is 43.6 Å². The maximum Gasteiger partial charge on any atom is 0.255 e. The fourth-order valence-corrected chi connectivity index (χ4v) is 5.69. The van der Waals surface area contributed by atoms with Gasteiger partial charge in [0.25, 0.3) is 5.56 Å². The van der Waals surface area contributed by atoms with Gasteiger partial charge in [0.05, 0.1) is 33.9 Å². The summed E-state index contributed by atoms with van der Waals surface area (Å²) in [7, 11) is -2.37. The third kappa shape index (κ3) is 4.83. The number of methoxy groups -OCH3 is 1. The summed E-state index contributed by atoms with van der Waals surface area (Å²) < 4.78 is 51.2. The molecule has 5 aromatic rings. The summed E-state index contributed by atoms with van der Waals surface area (Å²) in [5.74, 6) is -0.867. The summed E-state index contributed by atoms with van der Waals surface area (Å²) >= 11 is 12.5. The Morgan fingerprint density at radius 1 is 1.05 bits per heavy atom. The molecule has 3 heterocycles. The monoisotopic (exact) mass is 559 g/mol. The molecule has 188 valence electrons. The molecule has 0 aliphatic carbocycles. The lowest BCUT2D eigenvalue weighted by atomic mass is 10.1. The number of hydrogen-bond acceptors (Lipinski definition) is 7. The van der Waals surface area contributed by atoms with Crippen molar-refractivity contribution in [1.82, 2.24) is 14.7 Å². The van der Waals surface area contributed by atoms with E-state index in [2.05, 4.69) is 10.1 Å². The number of halogens is 3. The van der Waals surface area contributed by atoms with Gasteiger partial charge in [-0.05, 0) is 48.5 Å². The first-order chi connectivity index (χ1) is 17.7. The quantitative estimate of drug-likeness (QED) is 0.271. The Hall–Kier alpha value is -3.73. The van der Waals surface area contributed by atoms with Crippen LogP contribution in [0.2, 0.25) is 10.0 Å². The van der Waals surface area contributed by atoms with Gasteiger partial charge >= 0.3 is 0 Å². The van der Waals surface area contributed by atoms with Crippen molar-refractivity contribution in [3.8, 4) is 22.8 Å². The van der Waals surface area contributed by atoms with Crippen molar-refractivity contribution in [2.75, 3.05) is 7.11 Å². The summed E-state index contributed by atoms with van der Waals surface area (Å²) in [6.45, 7) is 0. The van der Waals surface area contributed by atoms with Crippen LogP contribution in [0.5, 0.6) is 5.88 Å².